The highest BCUT2D eigenvalue weighted by molar-refractivity contribution is 6.92. The highest BCUT2D eigenvalue weighted by atomic mass is 15.1. The molecule has 2 aliphatic heterocycles. The van der Waals surface area contributed by atoms with E-state index in [1.54, 1.807) is 0 Å². The molecule has 86 heavy (non-hydrogen) atoms. The van der Waals surface area contributed by atoms with Crippen LogP contribution in [0.5, 0.6) is 0 Å². The Hall–Kier alpha value is -11.2. The van der Waals surface area contributed by atoms with Crippen molar-refractivity contribution in [1.82, 2.24) is 27.2 Å². The molecule has 0 bridgehead atoms. The second kappa shape index (κ2) is 16.3. The smallest absolute Gasteiger partial charge is 0.332 e. The zero-order chi connectivity index (χ0) is 55.6. The first-order valence-electron chi connectivity index (χ1n) is 30.0. The molecule has 8 heteroatoms. The monoisotopic (exact) mass is 1090 g/mol. The van der Waals surface area contributed by atoms with E-state index in [1.165, 1.54) is 164 Å². The third kappa shape index (κ3) is 5.52. The number of benzene rings is 13. The number of para-hydroxylation sites is 10. The second-order valence-corrected chi connectivity index (χ2v) is 23.8. The minimum Gasteiger partial charge on any atom is -0.376 e. The largest absolute Gasteiger partial charge is 0.376 e. The van der Waals surface area contributed by atoms with Gasteiger partial charge in [-0.3, -0.25) is 0 Å². The number of rotatable bonds is 4. The molecule has 0 saturated heterocycles. The SMILES string of the molecule is c1ccc(-n2c3ccccc3c3cc4c5c(c6ccccc6n5-c5cc6c(cc5B4n4c5ccccc5c5ccccc54)B(n4c5ccccc5c5ccccc54)c4cc5c7ccccc7n(-c7ccccc7)c5c5c7ccccc7n-6c45)c32)cc1. The maximum absolute atomic E-state index is 2.70. The molecule has 0 aliphatic carbocycles. The first kappa shape index (κ1) is 45.3. The van der Waals surface area contributed by atoms with E-state index >= 15 is 0 Å². The predicted molar refractivity (Wildman–Crippen MR) is 364 cm³/mol. The van der Waals surface area contributed by atoms with E-state index in [0.717, 1.165) is 11.4 Å². The number of aromatic nitrogens is 6. The van der Waals surface area contributed by atoms with Crippen LogP contribution in [0.15, 0.2) is 279 Å². The van der Waals surface area contributed by atoms with Gasteiger partial charge < -0.3 is 27.2 Å². The molecule has 19 aromatic rings. The van der Waals surface area contributed by atoms with Gasteiger partial charge in [-0.15, -0.1) is 0 Å². The standard InChI is InChI=1S/C78H46B2N6/c1-3-23-47(24-4-1)81-63-35-15-7-31-53(63)57-43-61-77-73(75(57)81)55-33-13-17-37-65(55)83(77)71-46-72-60(45-59(71)79(61)85-67-39-19-9-27-49(67)50-28-10-20-40-68(50)85)80(86-69-41-21-11-29-51(69)52-30-12-22-42-70(52)86)62-44-58-54-32-8-16-36-64(54)82(48-25-5-2-6-26-48)76(58)74-56-34-14-18-38-66(56)84(72)78(62)74/h1-46H. The van der Waals surface area contributed by atoms with Gasteiger partial charge in [-0.2, -0.15) is 0 Å². The van der Waals surface area contributed by atoms with Crippen LogP contribution in [0.1, 0.15) is 0 Å². The Morgan fingerprint density at radius 1 is 0.198 bits per heavy atom. The summed E-state index contributed by atoms with van der Waals surface area (Å²) in [6.07, 6.45) is 0. The van der Waals surface area contributed by atoms with Crippen molar-refractivity contribution < 1.29 is 0 Å². The van der Waals surface area contributed by atoms with E-state index in [1.807, 2.05) is 0 Å². The molecule has 13 aromatic carbocycles. The Morgan fingerprint density at radius 3 is 0.826 bits per heavy atom. The molecule has 0 radical (unpaired) electrons. The Labute approximate surface area is 492 Å². The van der Waals surface area contributed by atoms with E-state index in [0.29, 0.717) is 0 Å². The van der Waals surface area contributed by atoms with Gasteiger partial charge in [-0.25, -0.2) is 0 Å². The average molecular weight is 1090 g/mol. The summed E-state index contributed by atoms with van der Waals surface area (Å²) >= 11 is 0. The predicted octanol–water partition coefficient (Wildman–Crippen LogP) is 16.2. The Morgan fingerprint density at radius 2 is 0.477 bits per heavy atom. The molecule has 394 valence electrons. The van der Waals surface area contributed by atoms with Crippen molar-refractivity contribution >= 4 is 166 Å². The summed E-state index contributed by atoms with van der Waals surface area (Å²) in [6.45, 7) is -0.508. The minimum atomic E-state index is -0.254. The highest BCUT2D eigenvalue weighted by Crippen LogP contribution is 2.47. The third-order valence-corrected chi connectivity index (χ3v) is 19.8. The molecule has 0 unspecified atom stereocenters. The van der Waals surface area contributed by atoms with Gasteiger partial charge in [-0.05, 0) is 101 Å². The lowest BCUT2D eigenvalue weighted by Gasteiger charge is -2.34. The molecule has 6 aromatic heterocycles. The number of fused-ring (bicyclic) bond motifs is 24. The van der Waals surface area contributed by atoms with Gasteiger partial charge in [0.05, 0.1) is 44.1 Å². The van der Waals surface area contributed by atoms with Crippen LogP contribution in [-0.4, -0.2) is 40.9 Å². The Kier molecular flexibility index (Phi) is 8.60. The van der Waals surface area contributed by atoms with Gasteiger partial charge in [0.15, 0.2) is 0 Å². The molecule has 0 saturated carbocycles. The lowest BCUT2D eigenvalue weighted by atomic mass is 9.43. The lowest BCUT2D eigenvalue weighted by Crippen LogP contribution is -2.58. The lowest BCUT2D eigenvalue weighted by molar-refractivity contribution is 1.14. The first-order valence-corrected chi connectivity index (χ1v) is 30.0. The van der Waals surface area contributed by atoms with Crippen LogP contribution in [0, 0.1) is 0 Å². The molecule has 0 fully saturated rings. The summed E-state index contributed by atoms with van der Waals surface area (Å²) in [5.41, 5.74) is 24.3. The summed E-state index contributed by atoms with van der Waals surface area (Å²) < 4.78 is 15.8. The van der Waals surface area contributed by atoms with E-state index in [2.05, 4.69) is 306 Å². The van der Waals surface area contributed by atoms with Crippen molar-refractivity contribution in [3.8, 4) is 22.7 Å². The molecule has 0 spiro atoms. The summed E-state index contributed by atoms with van der Waals surface area (Å²) in [7, 11) is 0. The number of hydrogen-bond acceptors (Lipinski definition) is 0. The van der Waals surface area contributed by atoms with Gasteiger partial charge in [0, 0.05) is 109 Å². The zero-order valence-corrected chi connectivity index (χ0v) is 46.4. The summed E-state index contributed by atoms with van der Waals surface area (Å²) in [5, 5.41) is 15.0. The van der Waals surface area contributed by atoms with Crippen molar-refractivity contribution in [3.05, 3.63) is 279 Å². The normalized spacial score (nSPS) is 13.1. The molecule has 0 N–H and O–H groups in total. The van der Waals surface area contributed by atoms with Crippen LogP contribution < -0.4 is 21.9 Å². The van der Waals surface area contributed by atoms with Crippen molar-refractivity contribution in [1.29, 1.82) is 0 Å². The minimum absolute atomic E-state index is 0.254. The molecule has 21 rings (SSSR count). The van der Waals surface area contributed by atoms with Crippen LogP contribution in [-0.2, 0) is 0 Å². The Bertz CT molecular complexity index is 5750. The van der Waals surface area contributed by atoms with Crippen molar-refractivity contribution in [2.45, 2.75) is 0 Å². The van der Waals surface area contributed by atoms with Crippen molar-refractivity contribution in [2.24, 2.45) is 0 Å². The number of nitrogens with zero attached hydrogens (tertiary/aromatic N) is 6. The fraction of sp³-hybridized carbons (Fsp3) is 0. The fourth-order valence-corrected chi connectivity index (χ4v) is 16.7. The molecule has 6 nitrogen and oxygen atoms in total. The topological polar surface area (TPSA) is 29.6 Å². The van der Waals surface area contributed by atoms with Gasteiger partial charge in [0.2, 0.25) is 0 Å². The van der Waals surface area contributed by atoms with Gasteiger partial charge in [0.25, 0.3) is 0 Å². The first-order chi connectivity index (χ1) is 42.8. The second-order valence-electron chi connectivity index (χ2n) is 23.8. The summed E-state index contributed by atoms with van der Waals surface area (Å²) in [6, 6.07) is 105. The fourth-order valence-electron chi connectivity index (χ4n) is 16.7. The van der Waals surface area contributed by atoms with Gasteiger partial charge in [0.1, 0.15) is 0 Å². The summed E-state index contributed by atoms with van der Waals surface area (Å²) in [4.78, 5) is 0. The molecule has 0 atom stereocenters. The maximum atomic E-state index is 2.70. The maximum Gasteiger partial charge on any atom is 0.332 e. The van der Waals surface area contributed by atoms with Crippen LogP contribution in [0.4, 0.5) is 0 Å². The molecule has 2 aliphatic rings. The molecule has 0 amide bonds. The van der Waals surface area contributed by atoms with Crippen molar-refractivity contribution in [2.75, 3.05) is 0 Å². The quantitative estimate of drug-likeness (QED) is 0.157. The molecule has 8 heterocycles. The van der Waals surface area contributed by atoms with E-state index in [4.69, 9.17) is 0 Å². The van der Waals surface area contributed by atoms with Gasteiger partial charge in [-0.1, -0.05) is 200 Å². The zero-order valence-electron chi connectivity index (χ0n) is 46.4. The van der Waals surface area contributed by atoms with E-state index in [-0.39, 0.29) is 13.7 Å². The van der Waals surface area contributed by atoms with Crippen molar-refractivity contribution in [3.63, 3.8) is 0 Å². The average Bonchev–Trinajstić information content (AvgIpc) is 1.55. The molecular formula is C78H46B2N6. The van der Waals surface area contributed by atoms with E-state index in [9.17, 15) is 0 Å². The molecular weight excluding hydrogens is 1040 g/mol. The highest BCUT2D eigenvalue weighted by Gasteiger charge is 2.44. The third-order valence-electron chi connectivity index (χ3n) is 19.8. The summed E-state index contributed by atoms with van der Waals surface area (Å²) in [5.74, 6) is 0. The van der Waals surface area contributed by atoms with Crippen LogP contribution in [0.25, 0.3) is 154 Å². The number of hydrogen-bond donors (Lipinski definition) is 0. The van der Waals surface area contributed by atoms with Crippen LogP contribution >= 0.6 is 0 Å². The van der Waals surface area contributed by atoms with Gasteiger partial charge >= 0.3 is 13.7 Å². The van der Waals surface area contributed by atoms with Crippen LogP contribution in [0.2, 0.25) is 0 Å². The van der Waals surface area contributed by atoms with Crippen LogP contribution in [0.3, 0.4) is 0 Å². The van der Waals surface area contributed by atoms with E-state index < -0.39 is 0 Å². The Balaban J connectivity index is 1.00.